The van der Waals surface area contributed by atoms with Gasteiger partial charge in [-0.3, -0.25) is 0 Å². The Morgan fingerprint density at radius 3 is 2.29 bits per heavy atom. The highest BCUT2D eigenvalue weighted by Crippen LogP contribution is 2.43. The first-order valence-corrected chi connectivity index (χ1v) is 12.4. The van der Waals surface area contributed by atoms with Crippen molar-refractivity contribution in [3.63, 3.8) is 0 Å². The van der Waals surface area contributed by atoms with E-state index in [1.54, 1.807) is 6.07 Å². The molecule has 0 radical (unpaired) electrons. The summed E-state index contributed by atoms with van der Waals surface area (Å²) in [5.74, 6) is -0.103. The molecule has 0 amide bonds. The van der Waals surface area contributed by atoms with Gasteiger partial charge in [0.1, 0.15) is 15.6 Å². The number of hydrogen-bond donors (Lipinski definition) is 3. The van der Waals surface area contributed by atoms with Gasteiger partial charge in [0, 0.05) is 25.5 Å². The number of nitrogens with one attached hydrogen (secondary N) is 1. The van der Waals surface area contributed by atoms with Gasteiger partial charge in [0.15, 0.2) is 0 Å². The standard InChI is InChI=1S/C19H29NO3.C2H6O2S/c1-13-15(9-6-10-17(13)23-19(2,21)22)18-16(11-12-20-18)14-7-4-3-5-8-14;1-5(2,3)4/h6,9-10,14,16,18,20-22H,3-5,7-8,11-12H2,1-2H3;1-2H3/t16?,18-;/m1./s1. The van der Waals surface area contributed by atoms with Crippen molar-refractivity contribution in [3.8, 4) is 5.75 Å². The summed E-state index contributed by atoms with van der Waals surface area (Å²) in [6, 6.07) is 6.24. The smallest absolute Gasteiger partial charge is 0.318 e. The molecule has 1 aliphatic heterocycles. The molecule has 28 heavy (non-hydrogen) atoms. The number of ether oxygens (including phenoxy) is 1. The predicted molar refractivity (Wildman–Crippen MR) is 111 cm³/mol. The van der Waals surface area contributed by atoms with Gasteiger partial charge in [-0.15, -0.1) is 0 Å². The Kier molecular flexibility index (Phi) is 7.90. The van der Waals surface area contributed by atoms with Crippen LogP contribution in [0.3, 0.4) is 0 Å². The second kappa shape index (κ2) is 9.57. The Labute approximate surface area is 169 Å². The Hall–Kier alpha value is -1.15. The van der Waals surface area contributed by atoms with Crippen LogP contribution in [-0.2, 0) is 9.84 Å². The first-order chi connectivity index (χ1) is 13.0. The number of sulfone groups is 1. The topological polar surface area (TPSA) is 95.9 Å². The lowest BCUT2D eigenvalue weighted by Gasteiger charge is -2.32. The molecule has 0 aromatic heterocycles. The molecule has 7 heteroatoms. The molecular formula is C21H35NO5S. The fourth-order valence-electron chi connectivity index (χ4n) is 4.42. The lowest BCUT2D eigenvalue weighted by atomic mass is 9.75. The highest BCUT2D eigenvalue weighted by Gasteiger charge is 2.36. The highest BCUT2D eigenvalue weighted by atomic mass is 32.2. The van der Waals surface area contributed by atoms with E-state index in [0.717, 1.165) is 30.5 Å². The van der Waals surface area contributed by atoms with E-state index in [1.165, 1.54) is 51.0 Å². The van der Waals surface area contributed by atoms with Gasteiger partial charge in [0.2, 0.25) is 0 Å². The minimum atomic E-state index is -2.67. The van der Waals surface area contributed by atoms with Crippen molar-refractivity contribution >= 4 is 9.84 Å². The molecule has 6 nitrogen and oxygen atoms in total. The van der Waals surface area contributed by atoms with Gasteiger partial charge in [-0.2, -0.15) is 0 Å². The number of benzene rings is 1. The van der Waals surface area contributed by atoms with Gasteiger partial charge < -0.3 is 20.3 Å². The van der Waals surface area contributed by atoms with E-state index in [1.807, 2.05) is 13.0 Å². The SMILES string of the molecule is CS(C)(=O)=O.Cc1c(OC(C)(O)O)cccc1[C@H]1NCCC1C1CCCCC1. The summed E-state index contributed by atoms with van der Waals surface area (Å²) < 4.78 is 24.6. The summed E-state index contributed by atoms with van der Waals surface area (Å²) in [4.78, 5) is 0. The van der Waals surface area contributed by atoms with Crippen LogP contribution in [0.4, 0.5) is 0 Å². The third-order valence-corrected chi connectivity index (χ3v) is 5.49. The van der Waals surface area contributed by atoms with E-state index in [0.29, 0.717) is 17.7 Å². The maximum atomic E-state index is 9.63. The van der Waals surface area contributed by atoms with Crippen LogP contribution in [0.1, 0.15) is 62.6 Å². The lowest BCUT2D eigenvalue weighted by molar-refractivity contribution is -0.278. The maximum absolute atomic E-state index is 9.63. The zero-order valence-electron chi connectivity index (χ0n) is 17.4. The second-order valence-corrected chi connectivity index (χ2v) is 10.7. The molecule has 2 atom stereocenters. The Balaban J connectivity index is 0.000000500. The Morgan fingerprint density at radius 2 is 1.71 bits per heavy atom. The molecule has 160 valence electrons. The molecule has 1 aromatic rings. The van der Waals surface area contributed by atoms with Crippen LogP contribution in [-0.4, -0.2) is 43.7 Å². The van der Waals surface area contributed by atoms with E-state index < -0.39 is 15.8 Å². The van der Waals surface area contributed by atoms with Crippen LogP contribution < -0.4 is 10.1 Å². The molecule has 2 aliphatic rings. The average Bonchev–Trinajstić information content (AvgIpc) is 3.04. The number of aliphatic hydroxyl groups is 2. The second-order valence-electron chi connectivity index (χ2n) is 8.43. The van der Waals surface area contributed by atoms with Gasteiger partial charge in [-0.05, 0) is 48.9 Å². The van der Waals surface area contributed by atoms with Gasteiger partial charge in [0.05, 0.1) is 0 Å². The Bertz CT molecular complexity index is 728. The van der Waals surface area contributed by atoms with E-state index in [-0.39, 0.29) is 0 Å². The van der Waals surface area contributed by atoms with Gasteiger partial charge in [-0.1, -0.05) is 44.2 Å². The molecule has 0 spiro atoms. The zero-order valence-corrected chi connectivity index (χ0v) is 18.3. The van der Waals surface area contributed by atoms with Gasteiger partial charge in [0.25, 0.3) is 0 Å². The molecule has 1 saturated carbocycles. The van der Waals surface area contributed by atoms with Crippen molar-refractivity contribution < 1.29 is 23.4 Å². The molecule has 1 aliphatic carbocycles. The summed E-state index contributed by atoms with van der Waals surface area (Å²) in [6.07, 6.45) is 10.4. The molecule has 3 rings (SSSR count). The van der Waals surface area contributed by atoms with E-state index in [2.05, 4.69) is 11.4 Å². The molecule has 2 fully saturated rings. The number of hydrogen-bond acceptors (Lipinski definition) is 6. The van der Waals surface area contributed by atoms with Crippen LogP contribution in [0.25, 0.3) is 0 Å². The van der Waals surface area contributed by atoms with Crippen LogP contribution in [0, 0.1) is 18.8 Å². The molecular weight excluding hydrogens is 378 g/mol. The summed E-state index contributed by atoms with van der Waals surface area (Å²) in [7, 11) is -2.67. The fraction of sp³-hybridized carbons (Fsp3) is 0.714. The monoisotopic (exact) mass is 413 g/mol. The predicted octanol–water partition coefficient (Wildman–Crippen LogP) is 2.92. The number of rotatable bonds is 4. The molecule has 1 heterocycles. The van der Waals surface area contributed by atoms with Crippen molar-refractivity contribution in [2.75, 3.05) is 19.1 Å². The van der Waals surface area contributed by atoms with E-state index in [4.69, 9.17) is 4.74 Å². The third kappa shape index (κ3) is 7.35. The largest absolute Gasteiger partial charge is 0.439 e. The Morgan fingerprint density at radius 1 is 1.11 bits per heavy atom. The summed E-state index contributed by atoms with van der Waals surface area (Å²) in [5.41, 5.74) is 2.24. The molecule has 1 saturated heterocycles. The summed E-state index contributed by atoms with van der Waals surface area (Å²) >= 11 is 0. The summed E-state index contributed by atoms with van der Waals surface area (Å²) in [5, 5.41) is 22.7. The van der Waals surface area contributed by atoms with Gasteiger partial charge in [-0.25, -0.2) is 8.42 Å². The molecule has 3 N–H and O–H groups in total. The van der Waals surface area contributed by atoms with E-state index in [9.17, 15) is 18.6 Å². The minimum absolute atomic E-state index is 0.352. The zero-order chi connectivity index (χ0) is 20.9. The highest BCUT2D eigenvalue weighted by molar-refractivity contribution is 7.89. The van der Waals surface area contributed by atoms with Crippen molar-refractivity contribution in [3.05, 3.63) is 29.3 Å². The first kappa shape index (κ1) is 23.1. The van der Waals surface area contributed by atoms with Crippen molar-refractivity contribution in [1.29, 1.82) is 0 Å². The quantitative estimate of drug-likeness (QED) is 0.657. The van der Waals surface area contributed by atoms with Crippen LogP contribution >= 0.6 is 0 Å². The summed E-state index contributed by atoms with van der Waals surface area (Å²) in [6.45, 7) is 4.31. The van der Waals surface area contributed by atoms with Crippen LogP contribution in [0.2, 0.25) is 0 Å². The van der Waals surface area contributed by atoms with Crippen molar-refractivity contribution in [2.24, 2.45) is 11.8 Å². The maximum Gasteiger partial charge on any atom is 0.318 e. The third-order valence-electron chi connectivity index (χ3n) is 5.49. The average molecular weight is 414 g/mol. The lowest BCUT2D eigenvalue weighted by Crippen LogP contribution is -2.31. The fourth-order valence-corrected chi connectivity index (χ4v) is 4.42. The van der Waals surface area contributed by atoms with E-state index >= 15 is 0 Å². The van der Waals surface area contributed by atoms with Crippen molar-refractivity contribution in [1.82, 2.24) is 5.32 Å². The van der Waals surface area contributed by atoms with Crippen molar-refractivity contribution in [2.45, 2.75) is 64.4 Å². The minimum Gasteiger partial charge on any atom is -0.439 e. The van der Waals surface area contributed by atoms with Crippen LogP contribution in [0.5, 0.6) is 5.75 Å². The molecule has 1 unspecified atom stereocenters. The van der Waals surface area contributed by atoms with Gasteiger partial charge >= 0.3 is 5.97 Å². The molecule has 1 aromatic carbocycles. The molecule has 0 bridgehead atoms. The first-order valence-electron chi connectivity index (χ1n) is 10.1. The normalized spacial score (nSPS) is 23.8. The van der Waals surface area contributed by atoms with Crippen LogP contribution in [0.15, 0.2) is 18.2 Å².